The second-order valence-electron chi connectivity index (χ2n) is 10.5. The van der Waals surface area contributed by atoms with Gasteiger partial charge in [0, 0.05) is 14.8 Å². The Morgan fingerprint density at radius 1 is 0.978 bits per heavy atom. The average Bonchev–Trinajstić information content (AvgIpc) is 3.35. The van der Waals surface area contributed by atoms with E-state index in [4.69, 9.17) is 14.5 Å². The van der Waals surface area contributed by atoms with E-state index >= 15 is 0 Å². The molecule has 0 saturated carbocycles. The Morgan fingerprint density at radius 2 is 1.67 bits per heavy atom. The maximum absolute atomic E-state index is 14.3. The van der Waals surface area contributed by atoms with Gasteiger partial charge in [-0.2, -0.15) is 0 Å². The first kappa shape index (κ1) is 32.2. The lowest BCUT2D eigenvalue weighted by Gasteiger charge is -2.25. The number of thiazole rings is 1. The van der Waals surface area contributed by atoms with Crippen molar-refractivity contribution in [2.24, 2.45) is 4.99 Å². The highest BCUT2D eigenvalue weighted by atomic mass is 127. The molecule has 46 heavy (non-hydrogen) atoms. The van der Waals surface area contributed by atoms with Gasteiger partial charge >= 0.3 is 0 Å². The summed E-state index contributed by atoms with van der Waals surface area (Å²) in [6.45, 7) is 4.68. The molecule has 0 aliphatic carbocycles. The minimum absolute atomic E-state index is 0.233. The first-order chi connectivity index (χ1) is 22.3. The Hall–Kier alpha value is -3.75. The summed E-state index contributed by atoms with van der Waals surface area (Å²) in [5, 5.41) is 3.00. The molecule has 0 unspecified atom stereocenters. The maximum Gasteiger partial charge on any atom is 0.271 e. The van der Waals surface area contributed by atoms with Gasteiger partial charge in [-0.05, 0) is 113 Å². The molecule has 0 bridgehead atoms. The van der Waals surface area contributed by atoms with E-state index in [-0.39, 0.29) is 11.5 Å². The molecule has 7 nitrogen and oxygen atoms in total. The van der Waals surface area contributed by atoms with Crippen molar-refractivity contribution >= 4 is 74.2 Å². The number of amides is 1. The van der Waals surface area contributed by atoms with Gasteiger partial charge in [0.05, 0.1) is 32.0 Å². The molecule has 0 radical (unpaired) electrons. The van der Waals surface area contributed by atoms with Gasteiger partial charge in [-0.1, -0.05) is 72.0 Å². The molecule has 2 heterocycles. The normalized spacial score (nSPS) is 14.4. The molecule has 4 aromatic carbocycles. The molecule has 1 atom stereocenters. The first-order valence-electron chi connectivity index (χ1n) is 14.6. The van der Waals surface area contributed by atoms with E-state index in [1.807, 2.05) is 117 Å². The van der Waals surface area contributed by atoms with Crippen LogP contribution in [0.1, 0.15) is 36.6 Å². The summed E-state index contributed by atoms with van der Waals surface area (Å²) in [4.78, 5) is 33.5. The van der Waals surface area contributed by atoms with E-state index in [1.54, 1.807) is 4.57 Å². The monoisotopic (exact) mass is 853 g/mol. The molecule has 1 aromatic heterocycles. The van der Waals surface area contributed by atoms with Gasteiger partial charge in [0.15, 0.2) is 4.80 Å². The van der Waals surface area contributed by atoms with E-state index < -0.39 is 6.04 Å². The molecule has 1 amide bonds. The number of para-hydroxylation sites is 1. The average molecular weight is 854 g/mol. The summed E-state index contributed by atoms with van der Waals surface area (Å²) >= 11 is 5.85. The number of hydrogen-bond acceptors (Lipinski definition) is 6. The molecule has 6 rings (SSSR count). The van der Waals surface area contributed by atoms with Crippen molar-refractivity contribution in [3.8, 4) is 11.5 Å². The second kappa shape index (κ2) is 14.3. The number of benzene rings is 4. The highest BCUT2D eigenvalue weighted by Crippen LogP contribution is 2.33. The summed E-state index contributed by atoms with van der Waals surface area (Å²) in [5.41, 5.74) is 4.01. The second-order valence-corrected chi connectivity index (χ2v) is 13.9. The van der Waals surface area contributed by atoms with Crippen LogP contribution in [0.15, 0.2) is 118 Å². The summed E-state index contributed by atoms with van der Waals surface area (Å²) < 4.78 is 16.1. The van der Waals surface area contributed by atoms with Gasteiger partial charge in [0.25, 0.3) is 11.5 Å². The Bertz CT molecular complexity index is 2110. The van der Waals surface area contributed by atoms with Gasteiger partial charge in [0.1, 0.15) is 18.1 Å². The Morgan fingerprint density at radius 3 is 2.37 bits per heavy atom. The number of rotatable bonds is 9. The van der Waals surface area contributed by atoms with Crippen LogP contribution in [0.25, 0.3) is 6.08 Å². The number of fused-ring (bicyclic) bond motifs is 1. The standard InChI is InChI=1S/C36H29I2N3O4S/c1-3-44-28-16-14-24(15-17-28)32-31(34(42)40-27-12-8-5-9-13-27)22(2)39-36-41(32)35(43)30(46-36)19-25-18-26(37)20-29(38)33(25)45-21-23-10-6-4-7-11-23/h4-20,32H,3,21H2,1-2H3,(H,40,42)/b30-19-/t32-/m0/s1. The van der Waals surface area contributed by atoms with Crippen molar-refractivity contribution in [2.45, 2.75) is 26.5 Å². The van der Waals surface area contributed by atoms with Crippen LogP contribution >= 0.6 is 56.5 Å². The van der Waals surface area contributed by atoms with Gasteiger partial charge in [0.2, 0.25) is 0 Å². The van der Waals surface area contributed by atoms with Crippen molar-refractivity contribution < 1.29 is 14.3 Å². The summed E-state index contributed by atoms with van der Waals surface area (Å²) in [6.07, 6.45) is 1.87. The van der Waals surface area contributed by atoms with Gasteiger partial charge in [-0.15, -0.1) is 0 Å². The fourth-order valence-corrected chi connectivity index (χ4v) is 8.35. The van der Waals surface area contributed by atoms with Crippen molar-refractivity contribution in [2.75, 3.05) is 11.9 Å². The van der Waals surface area contributed by atoms with Crippen molar-refractivity contribution in [3.05, 3.63) is 152 Å². The third-order valence-electron chi connectivity index (χ3n) is 7.35. The zero-order valence-electron chi connectivity index (χ0n) is 25.0. The van der Waals surface area contributed by atoms with Crippen LogP contribution in [0.4, 0.5) is 5.69 Å². The molecule has 1 aliphatic heterocycles. The van der Waals surface area contributed by atoms with E-state index in [9.17, 15) is 9.59 Å². The lowest BCUT2D eigenvalue weighted by molar-refractivity contribution is -0.113. The quantitative estimate of drug-likeness (QED) is 0.161. The number of carbonyl (C=O) groups excluding carboxylic acids is 1. The van der Waals surface area contributed by atoms with Crippen LogP contribution in [-0.4, -0.2) is 17.1 Å². The third kappa shape index (κ3) is 6.98. The van der Waals surface area contributed by atoms with Crippen LogP contribution in [0.5, 0.6) is 11.5 Å². The summed E-state index contributed by atoms with van der Waals surface area (Å²) in [7, 11) is 0. The number of aromatic nitrogens is 1. The molecule has 1 N–H and O–H groups in total. The van der Waals surface area contributed by atoms with E-state index in [0.717, 1.165) is 23.8 Å². The largest absolute Gasteiger partial charge is 0.494 e. The number of ether oxygens (including phenoxy) is 2. The summed E-state index contributed by atoms with van der Waals surface area (Å²) in [5.74, 6) is 1.10. The molecular weight excluding hydrogens is 824 g/mol. The zero-order valence-corrected chi connectivity index (χ0v) is 30.1. The van der Waals surface area contributed by atoms with Crippen molar-refractivity contribution in [3.63, 3.8) is 0 Å². The highest BCUT2D eigenvalue weighted by molar-refractivity contribution is 14.1. The minimum atomic E-state index is -0.692. The van der Waals surface area contributed by atoms with Crippen LogP contribution in [0.2, 0.25) is 0 Å². The fraction of sp³-hybridized carbons (Fsp3) is 0.139. The summed E-state index contributed by atoms with van der Waals surface area (Å²) in [6, 6.07) is 30.1. The number of nitrogens with one attached hydrogen (secondary N) is 1. The predicted molar refractivity (Wildman–Crippen MR) is 199 cm³/mol. The Labute approximate surface area is 297 Å². The lowest BCUT2D eigenvalue weighted by Crippen LogP contribution is -2.40. The van der Waals surface area contributed by atoms with Crippen LogP contribution in [0.3, 0.4) is 0 Å². The molecule has 5 aromatic rings. The van der Waals surface area contributed by atoms with Crippen LogP contribution in [-0.2, 0) is 11.4 Å². The van der Waals surface area contributed by atoms with Crippen molar-refractivity contribution in [1.29, 1.82) is 0 Å². The van der Waals surface area contributed by atoms with Gasteiger partial charge < -0.3 is 14.8 Å². The molecule has 0 fully saturated rings. The van der Waals surface area contributed by atoms with Gasteiger partial charge in [-0.25, -0.2) is 4.99 Å². The number of hydrogen-bond donors (Lipinski definition) is 1. The maximum atomic E-state index is 14.3. The molecule has 10 heteroatoms. The smallest absolute Gasteiger partial charge is 0.271 e. The predicted octanol–water partition coefficient (Wildman–Crippen LogP) is 7.06. The molecular formula is C36H29I2N3O4S. The van der Waals surface area contributed by atoms with E-state index in [0.29, 0.717) is 51.0 Å². The van der Waals surface area contributed by atoms with Crippen LogP contribution in [0, 0.1) is 7.14 Å². The third-order valence-corrected chi connectivity index (χ3v) is 9.76. The first-order valence-corrected chi connectivity index (χ1v) is 17.6. The van der Waals surface area contributed by atoms with Crippen LogP contribution < -0.4 is 29.7 Å². The topological polar surface area (TPSA) is 81.9 Å². The fourth-order valence-electron chi connectivity index (χ4n) is 5.27. The number of nitrogens with zero attached hydrogens (tertiary/aromatic N) is 2. The molecule has 0 spiro atoms. The number of anilines is 1. The van der Waals surface area contributed by atoms with E-state index in [1.165, 1.54) is 11.3 Å². The van der Waals surface area contributed by atoms with Gasteiger partial charge in [-0.3, -0.25) is 14.2 Å². The lowest BCUT2D eigenvalue weighted by atomic mass is 9.95. The highest BCUT2D eigenvalue weighted by Gasteiger charge is 2.32. The Balaban J connectivity index is 1.46. The number of allylic oxidation sites excluding steroid dienone is 1. The number of halogens is 2. The molecule has 1 aliphatic rings. The van der Waals surface area contributed by atoms with Crippen molar-refractivity contribution in [1.82, 2.24) is 4.57 Å². The van der Waals surface area contributed by atoms with E-state index in [2.05, 4.69) is 50.5 Å². The number of carbonyl (C=O) groups is 1. The molecule has 232 valence electrons. The Kier molecular flexibility index (Phi) is 10.0. The molecule has 0 saturated heterocycles. The SMILES string of the molecule is CCOc1ccc([C@H]2C(C(=O)Nc3ccccc3)=C(C)N=c3s/c(=C\c4cc(I)cc(I)c4OCc4ccccc4)c(=O)n32)cc1. The zero-order chi connectivity index (χ0) is 32.2. The minimum Gasteiger partial charge on any atom is -0.494 e.